The van der Waals surface area contributed by atoms with Crippen LogP contribution in [0.1, 0.15) is 6.92 Å². The molecule has 0 aromatic carbocycles. The number of hydrogen-bond acceptors (Lipinski definition) is 5. The molecule has 0 aromatic heterocycles. The second-order valence-corrected chi connectivity index (χ2v) is 3.43. The van der Waals surface area contributed by atoms with Gasteiger partial charge in [0.1, 0.15) is 31.0 Å². The number of carbonyl (C=O) groups is 1. The Hall–Kier alpha value is -0.760. The number of hydrogen-bond donors (Lipinski definition) is 4. The largest absolute Gasteiger partial charge is 0.388 e. The van der Waals surface area contributed by atoms with E-state index in [1.54, 1.807) is 0 Å². The van der Waals surface area contributed by atoms with Gasteiger partial charge in [-0.15, -0.1) is 0 Å². The molecule has 1 rings (SSSR count). The van der Waals surface area contributed by atoms with Crippen molar-refractivity contribution >= 4 is 5.91 Å². The van der Waals surface area contributed by atoms with Crippen LogP contribution in [0.25, 0.3) is 0 Å². The molecule has 1 aliphatic heterocycles. The van der Waals surface area contributed by atoms with Crippen molar-refractivity contribution in [1.29, 1.82) is 0 Å². The third kappa shape index (κ3) is 2.63. The maximum atomic E-state index is 12.3. The molecular weight excluding hydrogens is 209 g/mol. The van der Waals surface area contributed by atoms with Crippen molar-refractivity contribution in [3.05, 3.63) is 0 Å². The summed E-state index contributed by atoms with van der Waals surface area (Å²) in [5, 5.41) is 30.4. The molecule has 1 heterocycles. The van der Waals surface area contributed by atoms with Crippen LogP contribution in [0.3, 0.4) is 0 Å². The fraction of sp³-hybridized carbons (Fsp3) is 0.875. The Morgan fingerprint density at radius 3 is 2.47 bits per heavy atom. The number of halogens is 1. The fourth-order valence-electron chi connectivity index (χ4n) is 1.46. The summed E-state index contributed by atoms with van der Waals surface area (Å²) in [6.45, 7) is 0.162. The second kappa shape index (κ2) is 4.84. The van der Waals surface area contributed by atoms with Crippen molar-refractivity contribution in [2.24, 2.45) is 0 Å². The number of ether oxygens (including phenoxy) is 1. The minimum atomic E-state index is -1.53. The van der Waals surface area contributed by atoms with Crippen LogP contribution in [0, 0.1) is 0 Å². The van der Waals surface area contributed by atoms with Gasteiger partial charge in [-0.05, 0) is 0 Å². The van der Waals surface area contributed by atoms with Crippen LogP contribution in [0.5, 0.6) is 0 Å². The topological polar surface area (TPSA) is 99.0 Å². The summed E-state index contributed by atoms with van der Waals surface area (Å²) in [7, 11) is 0. The molecule has 1 aliphatic rings. The summed E-state index contributed by atoms with van der Waals surface area (Å²) >= 11 is 0. The quantitative estimate of drug-likeness (QED) is 0.430. The molecule has 0 radical (unpaired) electrons. The van der Waals surface area contributed by atoms with Crippen molar-refractivity contribution in [3.63, 3.8) is 0 Å². The number of rotatable bonds is 2. The SMILES string of the molecule is CC(=O)N[C@H]1[C@@H](O)[C@H](O)[C@@H](CF)O[C@@H]1O. The van der Waals surface area contributed by atoms with E-state index in [0.29, 0.717) is 0 Å². The monoisotopic (exact) mass is 223 g/mol. The van der Waals surface area contributed by atoms with Gasteiger partial charge in [0, 0.05) is 6.92 Å². The van der Waals surface area contributed by atoms with Gasteiger partial charge in [0.05, 0.1) is 0 Å². The van der Waals surface area contributed by atoms with Crippen molar-refractivity contribution in [2.45, 2.75) is 37.6 Å². The summed E-state index contributed by atoms with van der Waals surface area (Å²) < 4.78 is 17.0. The molecule has 88 valence electrons. The lowest BCUT2D eigenvalue weighted by Crippen LogP contribution is -2.63. The standard InChI is InChI=1S/C8H14FNO5/c1-3(11)10-5-7(13)6(12)4(2-9)15-8(5)14/h4-8,12-14H,2H2,1H3,(H,10,11)/t4-,5+,6-,7-,8+/m1/s1. The molecule has 1 fully saturated rings. The van der Waals surface area contributed by atoms with Crippen molar-refractivity contribution in [2.75, 3.05) is 6.67 Å². The van der Waals surface area contributed by atoms with E-state index < -0.39 is 43.2 Å². The molecule has 1 saturated heterocycles. The lowest BCUT2D eigenvalue weighted by Gasteiger charge is -2.39. The third-order valence-electron chi connectivity index (χ3n) is 2.24. The lowest BCUT2D eigenvalue weighted by atomic mass is 9.97. The number of aliphatic hydroxyl groups is 3. The molecular formula is C8H14FNO5. The van der Waals surface area contributed by atoms with Crippen LogP contribution in [0.15, 0.2) is 0 Å². The number of aliphatic hydroxyl groups excluding tert-OH is 3. The Morgan fingerprint density at radius 1 is 1.40 bits per heavy atom. The third-order valence-corrected chi connectivity index (χ3v) is 2.24. The van der Waals surface area contributed by atoms with E-state index in [9.17, 15) is 24.5 Å². The Bertz CT molecular complexity index is 239. The molecule has 0 aliphatic carbocycles. The first-order valence-electron chi connectivity index (χ1n) is 4.50. The first-order valence-corrected chi connectivity index (χ1v) is 4.50. The minimum Gasteiger partial charge on any atom is -0.388 e. The highest BCUT2D eigenvalue weighted by atomic mass is 19.1. The van der Waals surface area contributed by atoms with Crippen LogP contribution in [0.2, 0.25) is 0 Å². The average molecular weight is 223 g/mol. The number of nitrogens with one attached hydrogen (secondary N) is 1. The number of alkyl halides is 1. The van der Waals surface area contributed by atoms with Crippen LogP contribution in [-0.2, 0) is 9.53 Å². The lowest BCUT2D eigenvalue weighted by molar-refractivity contribution is -0.249. The smallest absolute Gasteiger partial charge is 0.217 e. The van der Waals surface area contributed by atoms with Crippen LogP contribution >= 0.6 is 0 Å². The van der Waals surface area contributed by atoms with Gasteiger partial charge in [-0.25, -0.2) is 4.39 Å². The maximum absolute atomic E-state index is 12.3. The zero-order valence-electron chi connectivity index (χ0n) is 8.13. The highest BCUT2D eigenvalue weighted by Crippen LogP contribution is 2.20. The van der Waals surface area contributed by atoms with Crippen LogP contribution in [-0.4, -0.2) is 58.5 Å². The van der Waals surface area contributed by atoms with E-state index in [0.717, 1.165) is 0 Å². The normalized spacial score (nSPS) is 41.3. The molecule has 0 saturated carbocycles. The Kier molecular flexibility index (Phi) is 3.97. The van der Waals surface area contributed by atoms with E-state index in [1.165, 1.54) is 6.92 Å². The zero-order valence-corrected chi connectivity index (χ0v) is 8.13. The highest BCUT2D eigenvalue weighted by molar-refractivity contribution is 5.73. The first-order chi connectivity index (χ1) is 6.97. The molecule has 15 heavy (non-hydrogen) atoms. The summed E-state index contributed by atoms with van der Waals surface area (Å²) in [6.07, 6.45) is -5.75. The summed E-state index contributed by atoms with van der Waals surface area (Å²) in [6, 6.07) is -1.15. The summed E-state index contributed by atoms with van der Waals surface area (Å²) in [5.74, 6) is -0.493. The molecule has 0 aromatic rings. The van der Waals surface area contributed by atoms with Gasteiger partial charge >= 0.3 is 0 Å². The Labute approximate surface area is 85.7 Å². The molecule has 4 N–H and O–H groups in total. The van der Waals surface area contributed by atoms with E-state index in [-0.39, 0.29) is 0 Å². The fourth-order valence-corrected chi connectivity index (χ4v) is 1.46. The van der Waals surface area contributed by atoms with Crippen LogP contribution < -0.4 is 5.32 Å². The predicted octanol–water partition coefficient (Wildman–Crippen LogP) is -2.10. The van der Waals surface area contributed by atoms with Gasteiger partial charge in [-0.3, -0.25) is 4.79 Å². The van der Waals surface area contributed by atoms with Gasteiger partial charge in [-0.2, -0.15) is 0 Å². The number of carbonyl (C=O) groups excluding carboxylic acids is 1. The van der Waals surface area contributed by atoms with E-state index in [2.05, 4.69) is 10.1 Å². The van der Waals surface area contributed by atoms with Gasteiger partial charge < -0.3 is 25.4 Å². The molecule has 0 spiro atoms. The van der Waals surface area contributed by atoms with Gasteiger partial charge in [0.15, 0.2) is 6.29 Å². The van der Waals surface area contributed by atoms with Crippen molar-refractivity contribution in [1.82, 2.24) is 5.32 Å². The molecule has 6 nitrogen and oxygen atoms in total. The maximum Gasteiger partial charge on any atom is 0.217 e. The van der Waals surface area contributed by atoms with Gasteiger partial charge in [0.25, 0.3) is 0 Å². The summed E-state index contributed by atoms with van der Waals surface area (Å²) in [5.41, 5.74) is 0. The van der Waals surface area contributed by atoms with Gasteiger partial charge in [-0.1, -0.05) is 0 Å². The first kappa shape index (κ1) is 12.3. The summed E-state index contributed by atoms with van der Waals surface area (Å²) in [4.78, 5) is 10.7. The molecule has 0 unspecified atom stereocenters. The molecule has 7 heteroatoms. The average Bonchev–Trinajstić information content (AvgIpc) is 2.18. The second-order valence-electron chi connectivity index (χ2n) is 3.43. The van der Waals surface area contributed by atoms with E-state index >= 15 is 0 Å². The minimum absolute atomic E-state index is 0.493. The highest BCUT2D eigenvalue weighted by Gasteiger charge is 2.44. The Balaban J connectivity index is 2.70. The molecule has 0 bridgehead atoms. The van der Waals surface area contributed by atoms with Crippen molar-refractivity contribution < 1.29 is 29.2 Å². The zero-order chi connectivity index (χ0) is 11.6. The molecule has 5 atom stereocenters. The Morgan fingerprint density at radius 2 is 2.00 bits per heavy atom. The number of amides is 1. The van der Waals surface area contributed by atoms with Crippen LogP contribution in [0.4, 0.5) is 4.39 Å². The van der Waals surface area contributed by atoms with E-state index in [1.807, 2.05) is 0 Å². The van der Waals surface area contributed by atoms with Crippen molar-refractivity contribution in [3.8, 4) is 0 Å². The van der Waals surface area contributed by atoms with Gasteiger partial charge in [0.2, 0.25) is 5.91 Å². The predicted molar refractivity (Wildman–Crippen MR) is 46.5 cm³/mol. The van der Waals surface area contributed by atoms with E-state index in [4.69, 9.17) is 0 Å². The molecule has 1 amide bonds.